The first-order valence-corrected chi connectivity index (χ1v) is 7.50. The van der Waals surface area contributed by atoms with Crippen molar-refractivity contribution in [1.29, 1.82) is 0 Å². The average molecular weight is 319 g/mol. The molecule has 0 bridgehead atoms. The lowest BCUT2D eigenvalue weighted by Crippen LogP contribution is -2.12. The quantitative estimate of drug-likeness (QED) is 0.754. The number of benzene rings is 1. The summed E-state index contributed by atoms with van der Waals surface area (Å²) in [7, 11) is 0. The van der Waals surface area contributed by atoms with Crippen LogP contribution in [0.5, 0.6) is 5.88 Å². The Labute approximate surface area is 129 Å². The summed E-state index contributed by atoms with van der Waals surface area (Å²) in [5.41, 5.74) is 2.06. The van der Waals surface area contributed by atoms with E-state index in [9.17, 15) is 9.90 Å². The summed E-state index contributed by atoms with van der Waals surface area (Å²) in [6.07, 6.45) is 0. The van der Waals surface area contributed by atoms with Gasteiger partial charge in [-0.2, -0.15) is 16.3 Å². The molecular weight excluding hydrogens is 308 g/mol. The Kier molecular flexibility index (Phi) is 3.53. The predicted molar refractivity (Wildman–Crippen MR) is 85.0 cm³/mol. The molecule has 0 spiro atoms. The molecule has 2 aromatic heterocycles. The number of H-pyrrole nitrogens is 1. The van der Waals surface area contributed by atoms with Gasteiger partial charge < -0.3 is 10.1 Å². The van der Waals surface area contributed by atoms with Crippen LogP contribution >= 0.6 is 22.9 Å². The third-order valence-electron chi connectivity index (χ3n) is 3.12. The summed E-state index contributed by atoms with van der Waals surface area (Å²) < 4.78 is 0. The molecule has 2 N–H and O–H groups in total. The third kappa shape index (κ3) is 2.57. The van der Waals surface area contributed by atoms with E-state index >= 15 is 0 Å². The first-order valence-electron chi connectivity index (χ1n) is 6.18. The van der Waals surface area contributed by atoms with E-state index in [1.807, 2.05) is 17.7 Å². The van der Waals surface area contributed by atoms with Crippen molar-refractivity contribution in [1.82, 2.24) is 9.97 Å². The molecule has 0 radical (unpaired) electrons. The fourth-order valence-corrected chi connectivity index (χ4v) is 3.12. The van der Waals surface area contributed by atoms with Gasteiger partial charge >= 0.3 is 0 Å². The van der Waals surface area contributed by atoms with E-state index in [0.717, 1.165) is 11.1 Å². The first kappa shape index (κ1) is 13.9. The lowest BCUT2D eigenvalue weighted by Gasteiger charge is -2.06. The number of aryl methyl sites for hydroxylation is 1. The maximum Gasteiger partial charge on any atom is 0.262 e. The molecule has 0 saturated carbocycles. The second-order valence-corrected chi connectivity index (χ2v) is 5.77. The van der Waals surface area contributed by atoms with Crippen LogP contribution in [-0.2, 0) is 0 Å². The van der Waals surface area contributed by atoms with E-state index in [-0.39, 0.29) is 11.4 Å². The molecule has 0 amide bonds. The van der Waals surface area contributed by atoms with Crippen molar-refractivity contribution in [3.05, 3.63) is 56.0 Å². The molecule has 0 saturated heterocycles. The molecule has 3 aromatic rings. The Morgan fingerprint density at radius 1 is 1.33 bits per heavy atom. The summed E-state index contributed by atoms with van der Waals surface area (Å²) in [5, 5.41) is 14.5. The van der Waals surface area contributed by atoms with Gasteiger partial charge in [-0.25, -0.2) is 0 Å². The number of aromatic hydroxyl groups is 1. The molecule has 2 heterocycles. The van der Waals surface area contributed by atoms with Crippen molar-refractivity contribution < 1.29 is 5.11 Å². The third-order valence-corrected chi connectivity index (χ3v) is 4.22. The molecular formula is C15H11ClN2O2S. The van der Waals surface area contributed by atoms with Crippen LogP contribution in [0.3, 0.4) is 0 Å². The van der Waals surface area contributed by atoms with Crippen LogP contribution in [0.4, 0.5) is 0 Å². The van der Waals surface area contributed by atoms with Gasteiger partial charge in [-0.1, -0.05) is 23.7 Å². The van der Waals surface area contributed by atoms with Crippen molar-refractivity contribution in [3.63, 3.8) is 0 Å². The van der Waals surface area contributed by atoms with Gasteiger partial charge in [0.2, 0.25) is 5.88 Å². The number of hydrogen-bond donors (Lipinski definition) is 2. The van der Waals surface area contributed by atoms with Gasteiger partial charge in [0.25, 0.3) is 5.56 Å². The first-order chi connectivity index (χ1) is 10.1. The van der Waals surface area contributed by atoms with Crippen molar-refractivity contribution in [2.75, 3.05) is 0 Å². The van der Waals surface area contributed by atoms with E-state index in [1.54, 1.807) is 24.3 Å². The van der Waals surface area contributed by atoms with Gasteiger partial charge in [0, 0.05) is 16.0 Å². The summed E-state index contributed by atoms with van der Waals surface area (Å²) in [6, 6.07) is 6.73. The lowest BCUT2D eigenvalue weighted by molar-refractivity contribution is 0.454. The highest BCUT2D eigenvalue weighted by atomic mass is 35.5. The highest BCUT2D eigenvalue weighted by Gasteiger charge is 2.15. The van der Waals surface area contributed by atoms with E-state index in [1.165, 1.54) is 11.3 Å². The summed E-state index contributed by atoms with van der Waals surface area (Å²) in [5.74, 6) is 0.0589. The number of thiophene rings is 1. The predicted octanol–water partition coefficient (Wildman–Crippen LogP) is 3.83. The van der Waals surface area contributed by atoms with Crippen LogP contribution in [0.15, 0.2) is 39.8 Å². The largest absolute Gasteiger partial charge is 0.493 e. The Morgan fingerprint density at radius 3 is 2.76 bits per heavy atom. The molecule has 0 atom stereocenters. The van der Waals surface area contributed by atoms with Crippen molar-refractivity contribution >= 4 is 22.9 Å². The zero-order valence-corrected chi connectivity index (χ0v) is 12.6. The standard InChI is InChI=1S/C15H11ClN2O2S/c1-8-6-21-7-11(8)13-17-14(19)12(15(20)18-13)9-3-2-4-10(16)5-9/h2-7H,1H3,(H2,17,18,19,20). The average Bonchev–Trinajstić information content (AvgIpc) is 2.84. The highest BCUT2D eigenvalue weighted by Crippen LogP contribution is 2.29. The van der Waals surface area contributed by atoms with Crippen LogP contribution in [0.1, 0.15) is 5.56 Å². The maximum atomic E-state index is 12.3. The fraction of sp³-hybridized carbons (Fsp3) is 0.0667. The molecule has 21 heavy (non-hydrogen) atoms. The van der Waals surface area contributed by atoms with Crippen LogP contribution in [0.2, 0.25) is 5.02 Å². The second-order valence-electron chi connectivity index (χ2n) is 4.59. The van der Waals surface area contributed by atoms with Crippen LogP contribution in [0, 0.1) is 6.92 Å². The molecule has 106 valence electrons. The van der Waals surface area contributed by atoms with E-state index in [2.05, 4.69) is 9.97 Å². The van der Waals surface area contributed by atoms with Crippen molar-refractivity contribution in [2.24, 2.45) is 0 Å². The van der Waals surface area contributed by atoms with Gasteiger partial charge in [0.05, 0.1) is 0 Å². The fourth-order valence-electron chi connectivity index (χ4n) is 2.10. The topological polar surface area (TPSA) is 66.0 Å². The monoisotopic (exact) mass is 318 g/mol. The number of aromatic nitrogens is 2. The number of nitrogens with one attached hydrogen (secondary N) is 1. The number of halogens is 1. The summed E-state index contributed by atoms with van der Waals surface area (Å²) >= 11 is 7.43. The second kappa shape index (κ2) is 5.35. The molecule has 0 aliphatic carbocycles. The SMILES string of the molecule is Cc1cscc1-c1nc(O)c(-c2cccc(Cl)c2)c(=O)[nH]1. The molecule has 3 rings (SSSR count). The Bertz CT molecular complexity index is 870. The lowest BCUT2D eigenvalue weighted by atomic mass is 10.1. The Hall–Kier alpha value is -2.11. The number of hydrogen-bond acceptors (Lipinski definition) is 4. The van der Waals surface area contributed by atoms with Crippen molar-refractivity contribution in [3.8, 4) is 28.4 Å². The Morgan fingerprint density at radius 2 is 2.14 bits per heavy atom. The summed E-state index contributed by atoms with van der Waals surface area (Å²) in [6.45, 7) is 1.92. The molecule has 0 unspecified atom stereocenters. The maximum absolute atomic E-state index is 12.3. The number of nitrogens with zero attached hydrogens (tertiary/aromatic N) is 1. The molecule has 0 fully saturated rings. The smallest absolute Gasteiger partial charge is 0.262 e. The van der Waals surface area contributed by atoms with Gasteiger partial charge in [0.15, 0.2) is 0 Å². The molecule has 0 aliphatic rings. The number of aromatic amines is 1. The van der Waals surface area contributed by atoms with Crippen molar-refractivity contribution in [2.45, 2.75) is 6.92 Å². The number of rotatable bonds is 2. The zero-order valence-electron chi connectivity index (χ0n) is 11.1. The van der Waals surface area contributed by atoms with E-state index < -0.39 is 5.56 Å². The van der Waals surface area contributed by atoms with Gasteiger partial charge in [0.1, 0.15) is 11.4 Å². The van der Waals surface area contributed by atoms with Gasteiger partial charge in [-0.3, -0.25) is 4.79 Å². The zero-order chi connectivity index (χ0) is 15.0. The van der Waals surface area contributed by atoms with Crippen LogP contribution in [0.25, 0.3) is 22.5 Å². The summed E-state index contributed by atoms with van der Waals surface area (Å²) in [4.78, 5) is 19.1. The molecule has 0 aliphatic heterocycles. The minimum absolute atomic E-state index is 0.120. The van der Waals surface area contributed by atoms with E-state index in [4.69, 9.17) is 11.6 Å². The van der Waals surface area contributed by atoms with E-state index in [0.29, 0.717) is 16.4 Å². The molecule has 1 aromatic carbocycles. The van der Waals surface area contributed by atoms with Crippen LogP contribution in [-0.4, -0.2) is 15.1 Å². The van der Waals surface area contributed by atoms with Gasteiger partial charge in [-0.15, -0.1) is 0 Å². The minimum Gasteiger partial charge on any atom is -0.493 e. The highest BCUT2D eigenvalue weighted by molar-refractivity contribution is 7.08. The normalized spacial score (nSPS) is 10.8. The Balaban J connectivity index is 2.18. The van der Waals surface area contributed by atoms with Crippen LogP contribution < -0.4 is 5.56 Å². The molecule has 6 heteroatoms. The minimum atomic E-state index is -0.398. The van der Waals surface area contributed by atoms with Gasteiger partial charge in [-0.05, 0) is 35.6 Å². The molecule has 4 nitrogen and oxygen atoms in total.